The molecular formula is C14H14BrFN2. The Morgan fingerprint density at radius 3 is 2.67 bits per heavy atom. The van der Waals surface area contributed by atoms with Gasteiger partial charge >= 0.3 is 0 Å². The molecule has 0 unspecified atom stereocenters. The summed E-state index contributed by atoms with van der Waals surface area (Å²) in [5, 5.41) is 0.746. The Labute approximate surface area is 114 Å². The Balaban J connectivity index is 2.27. The summed E-state index contributed by atoms with van der Waals surface area (Å²) in [7, 11) is 0. The third kappa shape index (κ3) is 2.93. The minimum atomic E-state index is -0.205. The lowest BCUT2D eigenvalue weighted by Crippen LogP contribution is -2.04. The predicted molar refractivity (Wildman–Crippen MR) is 73.2 cm³/mol. The van der Waals surface area contributed by atoms with Crippen molar-refractivity contribution in [3.8, 4) is 0 Å². The molecule has 1 aromatic heterocycles. The van der Waals surface area contributed by atoms with Crippen LogP contribution >= 0.6 is 15.9 Å². The molecule has 2 rings (SSSR count). The van der Waals surface area contributed by atoms with E-state index >= 15 is 0 Å². The third-order valence-corrected chi connectivity index (χ3v) is 3.39. The maximum Gasteiger partial charge on any atom is 0.133 e. The van der Waals surface area contributed by atoms with Crippen LogP contribution in [0, 0.1) is 5.82 Å². The van der Waals surface area contributed by atoms with Crippen LogP contribution in [0.5, 0.6) is 0 Å². The molecule has 1 aromatic carbocycles. The van der Waals surface area contributed by atoms with Crippen LogP contribution in [0.1, 0.15) is 29.6 Å². The summed E-state index contributed by atoms with van der Waals surface area (Å²) in [6, 6.07) is 6.74. The molecule has 0 aliphatic carbocycles. The van der Waals surface area contributed by atoms with Gasteiger partial charge < -0.3 is 0 Å². The largest absolute Gasteiger partial charge is 0.241 e. The van der Waals surface area contributed by atoms with Crippen molar-refractivity contribution in [1.82, 2.24) is 9.97 Å². The smallest absolute Gasteiger partial charge is 0.133 e. The van der Waals surface area contributed by atoms with Crippen molar-refractivity contribution in [2.24, 2.45) is 0 Å². The lowest BCUT2D eigenvalue weighted by molar-refractivity contribution is 0.612. The van der Waals surface area contributed by atoms with Gasteiger partial charge in [-0.25, -0.2) is 14.4 Å². The number of aromatic nitrogens is 2. The van der Waals surface area contributed by atoms with E-state index in [0.717, 1.165) is 23.0 Å². The molecule has 2 nitrogen and oxygen atoms in total. The Morgan fingerprint density at radius 2 is 2.00 bits per heavy atom. The third-order valence-electron chi connectivity index (χ3n) is 2.79. The number of aryl methyl sites for hydroxylation is 1. The molecule has 1 heterocycles. The van der Waals surface area contributed by atoms with Crippen molar-refractivity contribution in [2.75, 3.05) is 0 Å². The maximum absolute atomic E-state index is 13.5. The number of alkyl halides is 1. The Kier molecular flexibility index (Phi) is 4.42. The zero-order chi connectivity index (χ0) is 13.0. The summed E-state index contributed by atoms with van der Waals surface area (Å²) in [4.78, 5) is 8.78. The van der Waals surface area contributed by atoms with E-state index in [0.29, 0.717) is 17.8 Å². The molecule has 0 bridgehead atoms. The van der Waals surface area contributed by atoms with Crippen LogP contribution in [-0.4, -0.2) is 9.97 Å². The first kappa shape index (κ1) is 13.1. The first-order chi connectivity index (χ1) is 8.74. The second kappa shape index (κ2) is 6.05. The van der Waals surface area contributed by atoms with Gasteiger partial charge in [0.05, 0.1) is 0 Å². The molecule has 0 aliphatic rings. The van der Waals surface area contributed by atoms with Gasteiger partial charge in [-0.15, -0.1) is 0 Å². The molecule has 0 saturated heterocycles. The van der Waals surface area contributed by atoms with Crippen molar-refractivity contribution >= 4 is 15.9 Å². The second-order valence-corrected chi connectivity index (χ2v) is 4.57. The molecule has 0 atom stereocenters. The summed E-state index contributed by atoms with van der Waals surface area (Å²) in [5.41, 5.74) is 2.74. The Hall–Kier alpha value is -1.29. The van der Waals surface area contributed by atoms with Crippen molar-refractivity contribution in [1.29, 1.82) is 0 Å². The SMILES string of the molecule is CCc1nc(Cc2ccccc2F)ncc1CBr. The van der Waals surface area contributed by atoms with Gasteiger partial charge in [0.15, 0.2) is 0 Å². The van der Waals surface area contributed by atoms with Crippen LogP contribution in [0.4, 0.5) is 4.39 Å². The van der Waals surface area contributed by atoms with Crippen molar-refractivity contribution in [3.63, 3.8) is 0 Å². The number of hydrogen-bond acceptors (Lipinski definition) is 2. The molecule has 18 heavy (non-hydrogen) atoms. The molecule has 0 aliphatic heterocycles. The van der Waals surface area contributed by atoms with Gasteiger partial charge in [0.2, 0.25) is 0 Å². The molecule has 94 valence electrons. The Bertz CT molecular complexity index is 543. The standard InChI is InChI=1S/C14H14BrFN2/c1-2-13-11(8-15)9-17-14(18-13)7-10-5-3-4-6-12(10)16/h3-6,9H,2,7-8H2,1H3. The van der Waals surface area contributed by atoms with Gasteiger partial charge in [-0.2, -0.15) is 0 Å². The number of benzene rings is 1. The molecule has 0 N–H and O–H groups in total. The number of nitrogens with zero attached hydrogens (tertiary/aromatic N) is 2. The van der Waals surface area contributed by atoms with E-state index in [4.69, 9.17) is 0 Å². The zero-order valence-corrected chi connectivity index (χ0v) is 11.7. The fourth-order valence-corrected chi connectivity index (χ4v) is 2.27. The van der Waals surface area contributed by atoms with E-state index in [1.807, 2.05) is 12.3 Å². The minimum absolute atomic E-state index is 0.205. The molecule has 0 radical (unpaired) electrons. The number of halogens is 2. The molecule has 2 aromatic rings. The predicted octanol–water partition coefficient (Wildman–Crippen LogP) is 3.66. The molecule has 0 spiro atoms. The van der Waals surface area contributed by atoms with Crippen LogP contribution in [0.15, 0.2) is 30.5 Å². The second-order valence-electron chi connectivity index (χ2n) is 4.01. The molecule has 0 fully saturated rings. The first-order valence-corrected chi connectivity index (χ1v) is 6.99. The number of rotatable bonds is 4. The van der Waals surface area contributed by atoms with E-state index in [1.165, 1.54) is 6.07 Å². The van der Waals surface area contributed by atoms with E-state index < -0.39 is 0 Å². The van der Waals surface area contributed by atoms with Crippen LogP contribution < -0.4 is 0 Å². The first-order valence-electron chi connectivity index (χ1n) is 5.87. The van der Waals surface area contributed by atoms with Crippen LogP contribution in [0.3, 0.4) is 0 Å². The van der Waals surface area contributed by atoms with Crippen LogP contribution in [-0.2, 0) is 18.2 Å². The average molecular weight is 309 g/mol. The van der Waals surface area contributed by atoms with E-state index in [2.05, 4.69) is 32.8 Å². The van der Waals surface area contributed by atoms with E-state index in [1.54, 1.807) is 12.1 Å². The van der Waals surface area contributed by atoms with Crippen molar-refractivity contribution in [2.45, 2.75) is 25.1 Å². The molecule has 0 amide bonds. The quantitative estimate of drug-likeness (QED) is 0.806. The maximum atomic E-state index is 13.5. The normalized spacial score (nSPS) is 10.6. The Morgan fingerprint density at radius 1 is 1.22 bits per heavy atom. The van der Waals surface area contributed by atoms with Crippen LogP contribution in [0.25, 0.3) is 0 Å². The highest BCUT2D eigenvalue weighted by Crippen LogP contribution is 2.14. The highest BCUT2D eigenvalue weighted by Gasteiger charge is 2.07. The highest BCUT2D eigenvalue weighted by molar-refractivity contribution is 9.08. The van der Waals surface area contributed by atoms with Gasteiger partial charge in [0, 0.05) is 29.2 Å². The van der Waals surface area contributed by atoms with Gasteiger partial charge in [-0.05, 0) is 18.1 Å². The molecule has 0 saturated carbocycles. The minimum Gasteiger partial charge on any atom is -0.241 e. The fraction of sp³-hybridized carbons (Fsp3) is 0.286. The number of hydrogen-bond donors (Lipinski definition) is 0. The van der Waals surface area contributed by atoms with Gasteiger partial charge in [-0.3, -0.25) is 0 Å². The van der Waals surface area contributed by atoms with Gasteiger partial charge in [0.25, 0.3) is 0 Å². The summed E-state index contributed by atoms with van der Waals surface area (Å²) in [5.74, 6) is 0.463. The summed E-state index contributed by atoms with van der Waals surface area (Å²) < 4.78 is 13.5. The van der Waals surface area contributed by atoms with Crippen molar-refractivity contribution in [3.05, 3.63) is 58.9 Å². The molecule has 4 heteroatoms. The lowest BCUT2D eigenvalue weighted by Gasteiger charge is -2.07. The topological polar surface area (TPSA) is 25.8 Å². The zero-order valence-electron chi connectivity index (χ0n) is 10.2. The summed E-state index contributed by atoms with van der Waals surface area (Å²) >= 11 is 3.41. The van der Waals surface area contributed by atoms with Gasteiger partial charge in [0.1, 0.15) is 11.6 Å². The van der Waals surface area contributed by atoms with E-state index in [-0.39, 0.29) is 5.82 Å². The average Bonchev–Trinajstić information content (AvgIpc) is 2.41. The monoisotopic (exact) mass is 308 g/mol. The highest BCUT2D eigenvalue weighted by atomic mass is 79.9. The summed E-state index contributed by atoms with van der Waals surface area (Å²) in [6.07, 6.45) is 3.10. The van der Waals surface area contributed by atoms with Gasteiger partial charge in [-0.1, -0.05) is 41.1 Å². The van der Waals surface area contributed by atoms with E-state index in [9.17, 15) is 4.39 Å². The van der Waals surface area contributed by atoms with Crippen LogP contribution in [0.2, 0.25) is 0 Å². The fourth-order valence-electron chi connectivity index (χ4n) is 1.80. The van der Waals surface area contributed by atoms with Crippen molar-refractivity contribution < 1.29 is 4.39 Å². The lowest BCUT2D eigenvalue weighted by atomic mass is 10.1. The summed E-state index contributed by atoms with van der Waals surface area (Å²) in [6.45, 7) is 2.06. The molecular weight excluding hydrogens is 295 g/mol.